The van der Waals surface area contributed by atoms with E-state index in [1.165, 1.54) is 29.3 Å². The Bertz CT molecular complexity index is 3750. The van der Waals surface area contributed by atoms with E-state index < -0.39 is 95.3 Å². The molecule has 7 aliphatic heterocycles. The molecule has 802 valence electrons. The molecule has 8 amide bonds. The van der Waals surface area contributed by atoms with Crippen molar-refractivity contribution in [3.05, 3.63) is 38.7 Å². The molecule has 1 aromatic rings. The number of aliphatic hydroxyl groups is 6. The van der Waals surface area contributed by atoms with E-state index >= 15 is 0 Å². The Morgan fingerprint density at radius 3 is 1.15 bits per heavy atom. The number of unbranched alkanes of at least 4 members (excludes halogenated alkanes) is 14. The van der Waals surface area contributed by atoms with Gasteiger partial charge in [0.25, 0.3) is 5.56 Å². The lowest BCUT2D eigenvalue weighted by atomic mass is 9.85. The number of aromatic nitrogens is 2. The number of Topliss-reactive ketones (excluding diaryl/α,β-unsaturated/α-hetero) is 1. The van der Waals surface area contributed by atoms with Gasteiger partial charge < -0.3 is 135 Å². The van der Waals surface area contributed by atoms with Crippen LogP contribution in [0.15, 0.2) is 21.9 Å². The van der Waals surface area contributed by atoms with Crippen molar-refractivity contribution >= 4 is 59.1 Å². The zero-order valence-electron chi connectivity index (χ0n) is 84.9. The van der Waals surface area contributed by atoms with Crippen LogP contribution in [0, 0.1) is 29.1 Å². The first kappa shape index (κ1) is 120. The predicted molar refractivity (Wildman–Crippen MR) is 517 cm³/mol. The van der Waals surface area contributed by atoms with Gasteiger partial charge in [0.05, 0.1) is 109 Å². The van der Waals surface area contributed by atoms with Gasteiger partial charge in [-0.25, -0.2) is 4.79 Å². The third-order valence-electron chi connectivity index (χ3n) is 26.5. The summed E-state index contributed by atoms with van der Waals surface area (Å²) >= 11 is 0. The molecule has 7 saturated heterocycles. The quantitative estimate of drug-likeness (QED) is 0.0294. The van der Waals surface area contributed by atoms with Gasteiger partial charge in [-0.3, -0.25) is 57.5 Å². The highest BCUT2D eigenvalue weighted by Crippen LogP contribution is 2.44. The Morgan fingerprint density at radius 2 is 0.757 bits per heavy atom. The number of ether oxygens (including phenoxy) is 13. The topological polar surface area (TPSA) is 546 Å². The summed E-state index contributed by atoms with van der Waals surface area (Å²) in [7, 11) is 0. The van der Waals surface area contributed by atoms with Crippen LogP contribution in [-0.2, 0) is 105 Å². The number of aliphatic hydroxyl groups excluding tert-OH is 6. The summed E-state index contributed by atoms with van der Waals surface area (Å²) in [5, 5.41) is 86.7. The number of carbonyl (C=O) groups excluding carboxylic acids is 9. The highest BCUT2D eigenvalue weighted by Gasteiger charge is 2.61. The molecule has 140 heavy (non-hydrogen) atoms. The first-order valence-electron chi connectivity index (χ1n) is 51.9. The molecule has 1 aromatic heterocycles. The van der Waals surface area contributed by atoms with E-state index in [2.05, 4.69) is 89.1 Å². The standard InChI is InChI=1S/C97H164N10O30.C3H8/c1-66-54-81(134-72(66)55-93(5,6)7)107-56-70(88(123)105-92(107)124)36-37-76(112)99-42-23-15-14-22-41-98-73(109)32-16-12-10-8-9-11-13-17-35-80(116)106-94(57-128-51-38-77(113)100-43-24-18-30-71(108)31-19-25-48-125-60-95-63-131-89(135-95)67(2)82(117)85(95)120,58-129-52-39-78(114)103-46-28-44-101-74(110)33-20-26-49-126-61-96-64-132-90(136-96)68(3)83(118)86(96)121)59-130-53-40-79(115)104-47-29-45-102-75(111)34-21-27-50-127-62-97-65-133-91(137-97)69(4)84(119)87(97)122;1-3-2/h36-37,56,66-69,72,81-87,89-91,117-122H,8-35,38-55,57-65H2,1-7H3,(H,98,109)(H,99,112)(H,100,113)(H,101,110)(H,102,111)(H,103,114)(H,104,115)(H,106,116)(H,105,123,124);3H2,1-2H3/b37-36+;/t66-,67+,68+,69+,72+,81+,82+,83+,84+,85+,86+,87+,89-,90-,91-,95-,96-,97-;/m0./s1. The van der Waals surface area contributed by atoms with E-state index in [1.807, 2.05) is 0 Å². The van der Waals surface area contributed by atoms with E-state index in [-0.39, 0.29) is 225 Å². The van der Waals surface area contributed by atoms with Crippen LogP contribution in [0.2, 0.25) is 0 Å². The van der Waals surface area contributed by atoms with Crippen molar-refractivity contribution in [3.8, 4) is 0 Å². The molecule has 7 fully saturated rings. The van der Waals surface area contributed by atoms with Gasteiger partial charge >= 0.3 is 5.69 Å². The van der Waals surface area contributed by atoms with Gasteiger partial charge in [-0.2, -0.15) is 0 Å². The van der Waals surface area contributed by atoms with Crippen LogP contribution < -0.4 is 53.8 Å². The van der Waals surface area contributed by atoms with Crippen molar-refractivity contribution in [1.29, 1.82) is 0 Å². The van der Waals surface area contributed by atoms with Crippen molar-refractivity contribution < 1.29 is 135 Å². The molecular weight excluding hydrogens is 1820 g/mol. The normalized spacial score (nSPS) is 26.2. The second-order valence-corrected chi connectivity index (χ2v) is 40.5. The molecule has 15 N–H and O–H groups in total. The highest BCUT2D eigenvalue weighted by molar-refractivity contribution is 5.91. The number of hydrogen-bond acceptors (Lipinski definition) is 30. The lowest BCUT2D eigenvalue weighted by molar-refractivity contribution is -0.248. The van der Waals surface area contributed by atoms with Crippen molar-refractivity contribution in [1.82, 2.24) is 52.1 Å². The third-order valence-corrected chi connectivity index (χ3v) is 26.5. The second kappa shape index (κ2) is 64.2. The van der Waals surface area contributed by atoms with Crippen molar-refractivity contribution in [3.63, 3.8) is 0 Å². The first-order valence-corrected chi connectivity index (χ1v) is 51.9. The molecule has 40 nitrogen and oxygen atoms in total. The van der Waals surface area contributed by atoms with Gasteiger partial charge in [-0.1, -0.05) is 120 Å². The van der Waals surface area contributed by atoms with Crippen LogP contribution in [0.1, 0.15) is 292 Å². The maximum Gasteiger partial charge on any atom is 0.330 e. The fraction of sp³-hybridized carbons (Fsp3) is 0.850. The maximum atomic E-state index is 14.1. The van der Waals surface area contributed by atoms with E-state index in [0.717, 1.165) is 77.0 Å². The smallest absolute Gasteiger partial charge is 0.330 e. The van der Waals surface area contributed by atoms with Crippen LogP contribution in [0.4, 0.5) is 0 Å². The average molecular weight is 1990 g/mol. The molecule has 18 atom stereocenters. The number of aromatic amines is 1. The summed E-state index contributed by atoms with van der Waals surface area (Å²) in [5.41, 5.74) is -5.73. The fourth-order valence-corrected chi connectivity index (χ4v) is 17.7. The van der Waals surface area contributed by atoms with Crippen LogP contribution in [0.5, 0.6) is 0 Å². The zero-order valence-corrected chi connectivity index (χ0v) is 84.9. The summed E-state index contributed by atoms with van der Waals surface area (Å²) in [6.07, 6.45) is 14.9. The largest absolute Gasteiger partial charge is 0.390 e. The number of fused-ring (bicyclic) bond motifs is 6. The summed E-state index contributed by atoms with van der Waals surface area (Å²) in [4.78, 5) is 145. The number of amides is 8. The number of ketones is 1. The molecule has 0 unspecified atom stereocenters. The minimum atomic E-state index is -1.38. The molecule has 0 aliphatic carbocycles. The minimum Gasteiger partial charge on any atom is -0.390 e. The van der Waals surface area contributed by atoms with Crippen LogP contribution in [0.25, 0.3) is 6.08 Å². The molecule has 0 saturated carbocycles. The van der Waals surface area contributed by atoms with Crippen molar-refractivity contribution in [2.45, 2.75) is 371 Å². The number of nitrogens with one attached hydrogen (secondary N) is 9. The van der Waals surface area contributed by atoms with E-state index in [4.69, 9.17) is 61.6 Å². The maximum absolute atomic E-state index is 14.1. The van der Waals surface area contributed by atoms with Gasteiger partial charge in [-0.05, 0) is 120 Å². The minimum absolute atomic E-state index is 0.00168. The van der Waals surface area contributed by atoms with Crippen molar-refractivity contribution in [2.24, 2.45) is 29.1 Å². The number of hydrogen-bond donors (Lipinski definition) is 15. The number of H-pyrrole nitrogens is 1. The summed E-state index contributed by atoms with van der Waals surface area (Å²) in [6, 6.07) is 0. The molecular formula is C100H172N10O30. The van der Waals surface area contributed by atoms with E-state index in [9.17, 15) is 83.4 Å². The van der Waals surface area contributed by atoms with Crippen LogP contribution in [0.3, 0.4) is 0 Å². The number of carbonyl (C=O) groups is 9. The molecule has 7 aliphatic rings. The monoisotopic (exact) mass is 1990 g/mol. The van der Waals surface area contributed by atoms with Crippen LogP contribution in [-0.4, -0.2) is 322 Å². The second-order valence-electron chi connectivity index (χ2n) is 40.5. The Morgan fingerprint density at radius 1 is 0.429 bits per heavy atom. The SMILES string of the molecule is CCC.C[C@H]1[C@H]2OC[C@](COCCCCC(=O)CCCCNC(=O)CCOCC(COCCC(=O)NCCCNC(=O)CCCCOC[C@@]34CO[C@@H](O3)[C@H](C)[C@@H](O)[C@H]4O)(COCCC(=O)NCCCNC(=O)CCCCOC[C@@]34CO[C@@H](O3)[C@H](C)[C@@H](O)[C@H]4O)NC(=O)CCCCCCCCCCC(=O)NCCCCCCNC(=O)/C=C/c3cn([C@H]4C[C@H](C)[C@@H](CC(C)(C)C)O4)c(=O)[nH]c3=O)(O2)[C@H](O)[C@@H]1O. The summed E-state index contributed by atoms with van der Waals surface area (Å²) in [5.74, 6) is -2.80. The van der Waals surface area contributed by atoms with Crippen molar-refractivity contribution in [2.75, 3.05) is 145 Å². The average Bonchev–Trinajstić information content (AvgIpc) is 1.61. The third kappa shape index (κ3) is 42.3. The molecule has 0 aromatic carbocycles. The Labute approximate surface area is 826 Å². The van der Waals surface area contributed by atoms with E-state index in [1.54, 1.807) is 20.8 Å². The van der Waals surface area contributed by atoms with Gasteiger partial charge in [0.2, 0.25) is 47.3 Å². The van der Waals surface area contributed by atoms with Crippen LogP contribution >= 0.6 is 0 Å². The number of nitrogens with zero attached hydrogens (tertiary/aromatic N) is 1. The first-order chi connectivity index (χ1) is 67.1. The predicted octanol–water partition coefficient (Wildman–Crippen LogP) is 5.21. The Kier molecular flexibility index (Phi) is 55.0. The van der Waals surface area contributed by atoms with Gasteiger partial charge in [-0.15, -0.1) is 0 Å². The van der Waals surface area contributed by atoms with Gasteiger partial charge in [0.1, 0.15) is 52.7 Å². The zero-order chi connectivity index (χ0) is 102. The lowest BCUT2D eigenvalue weighted by Crippen LogP contribution is -2.60. The molecule has 6 bridgehead atoms. The molecule has 40 heteroatoms. The highest BCUT2D eigenvalue weighted by atomic mass is 16.8. The molecule has 0 spiro atoms. The molecule has 8 heterocycles. The fourth-order valence-electron chi connectivity index (χ4n) is 17.7. The Hall–Kier alpha value is -6.91. The van der Waals surface area contributed by atoms with Gasteiger partial charge in [0.15, 0.2) is 18.9 Å². The molecule has 0 radical (unpaired) electrons. The summed E-state index contributed by atoms with van der Waals surface area (Å²) in [6.45, 7) is 21.0. The Balaban J connectivity index is 0.00000876. The number of rotatable bonds is 72. The van der Waals surface area contributed by atoms with E-state index in [0.29, 0.717) is 149 Å². The van der Waals surface area contributed by atoms with Gasteiger partial charge in [0, 0.05) is 153 Å². The summed E-state index contributed by atoms with van der Waals surface area (Å²) < 4.78 is 78.2. The molecule has 8 rings (SSSR count). The lowest BCUT2D eigenvalue weighted by Gasteiger charge is -2.41.